The number of nitrogens with zero attached hydrogens (tertiary/aromatic N) is 4. The molecule has 0 unspecified atom stereocenters. The fraction of sp³-hybridized carbons (Fsp3) is 0.174. The largest absolute Gasteiger partial charge is 0.487 e. The standard InChI is InChI=1S/C23H22N4O2S/c1-17-25-20(16-30-17)15-29-22-10-8-19(9-11-22)23(28)26(2)13-18-12-24-27(14-18)21-6-4-3-5-7-21/h3-12,14,16H,13,15H2,1-2H3. The molecule has 2 heterocycles. The van der Waals surface area contributed by atoms with Gasteiger partial charge in [-0.25, -0.2) is 9.67 Å². The Labute approximate surface area is 179 Å². The molecule has 0 aliphatic carbocycles. The molecule has 2 aromatic carbocycles. The van der Waals surface area contributed by atoms with Gasteiger partial charge in [-0.1, -0.05) is 18.2 Å². The first-order chi connectivity index (χ1) is 14.6. The molecule has 152 valence electrons. The number of thiazole rings is 1. The molecule has 30 heavy (non-hydrogen) atoms. The molecule has 0 spiro atoms. The summed E-state index contributed by atoms with van der Waals surface area (Å²) in [6.45, 7) is 2.87. The number of aromatic nitrogens is 3. The minimum absolute atomic E-state index is 0.0517. The van der Waals surface area contributed by atoms with Crippen LogP contribution in [0.5, 0.6) is 5.75 Å². The van der Waals surface area contributed by atoms with E-state index in [0.717, 1.165) is 22.0 Å². The number of ether oxygens (including phenoxy) is 1. The van der Waals surface area contributed by atoms with Gasteiger partial charge in [0, 0.05) is 36.3 Å². The smallest absolute Gasteiger partial charge is 0.253 e. The van der Waals surface area contributed by atoms with Crippen molar-refractivity contribution in [2.24, 2.45) is 0 Å². The maximum Gasteiger partial charge on any atom is 0.253 e. The first-order valence-corrected chi connectivity index (χ1v) is 10.4. The third kappa shape index (κ3) is 4.75. The van der Waals surface area contributed by atoms with Gasteiger partial charge in [0.1, 0.15) is 12.4 Å². The van der Waals surface area contributed by atoms with Crippen LogP contribution in [0.25, 0.3) is 5.69 Å². The number of benzene rings is 2. The minimum Gasteiger partial charge on any atom is -0.487 e. The zero-order chi connectivity index (χ0) is 20.9. The van der Waals surface area contributed by atoms with Crippen LogP contribution >= 0.6 is 11.3 Å². The Morgan fingerprint density at radius 1 is 1.13 bits per heavy atom. The molecular weight excluding hydrogens is 396 g/mol. The number of carbonyl (C=O) groups is 1. The molecule has 2 aromatic heterocycles. The van der Waals surface area contributed by atoms with E-state index in [0.29, 0.717) is 24.5 Å². The summed E-state index contributed by atoms with van der Waals surface area (Å²) in [6, 6.07) is 17.1. The molecule has 0 saturated carbocycles. The second-order valence-electron chi connectivity index (χ2n) is 6.96. The zero-order valence-electron chi connectivity index (χ0n) is 16.9. The highest BCUT2D eigenvalue weighted by Gasteiger charge is 2.13. The van der Waals surface area contributed by atoms with E-state index in [1.54, 1.807) is 41.6 Å². The van der Waals surface area contributed by atoms with Crippen LogP contribution in [0.3, 0.4) is 0 Å². The van der Waals surface area contributed by atoms with Crippen LogP contribution in [0, 0.1) is 6.92 Å². The lowest BCUT2D eigenvalue weighted by atomic mass is 10.2. The Morgan fingerprint density at radius 2 is 1.90 bits per heavy atom. The van der Waals surface area contributed by atoms with Crippen LogP contribution in [0.15, 0.2) is 72.4 Å². The van der Waals surface area contributed by atoms with Gasteiger partial charge in [-0.05, 0) is 43.3 Å². The topological polar surface area (TPSA) is 60.2 Å². The minimum atomic E-state index is -0.0517. The molecule has 0 fully saturated rings. The third-order valence-corrected chi connectivity index (χ3v) is 5.40. The maximum absolute atomic E-state index is 12.8. The molecule has 6 nitrogen and oxygen atoms in total. The lowest BCUT2D eigenvalue weighted by Crippen LogP contribution is -2.25. The Balaban J connectivity index is 1.35. The summed E-state index contributed by atoms with van der Waals surface area (Å²) in [5.41, 5.74) is 3.48. The molecule has 0 N–H and O–H groups in total. The molecule has 4 rings (SSSR count). The predicted octanol–water partition coefficient (Wildman–Crippen LogP) is 4.49. The summed E-state index contributed by atoms with van der Waals surface area (Å²) in [7, 11) is 1.79. The molecular formula is C23H22N4O2S. The van der Waals surface area contributed by atoms with Gasteiger partial charge in [0.2, 0.25) is 0 Å². The summed E-state index contributed by atoms with van der Waals surface area (Å²) >= 11 is 1.60. The van der Waals surface area contributed by atoms with Crippen molar-refractivity contribution < 1.29 is 9.53 Å². The normalized spacial score (nSPS) is 10.7. The lowest BCUT2D eigenvalue weighted by molar-refractivity contribution is 0.0785. The van der Waals surface area contributed by atoms with Gasteiger partial charge in [-0.3, -0.25) is 4.79 Å². The second-order valence-corrected chi connectivity index (χ2v) is 8.02. The molecule has 0 bridgehead atoms. The number of carbonyl (C=O) groups excluding carboxylic acids is 1. The zero-order valence-corrected chi connectivity index (χ0v) is 17.7. The number of hydrogen-bond donors (Lipinski definition) is 0. The van der Waals surface area contributed by atoms with Gasteiger partial charge in [-0.2, -0.15) is 5.10 Å². The third-order valence-electron chi connectivity index (χ3n) is 4.58. The van der Waals surface area contributed by atoms with Gasteiger partial charge < -0.3 is 9.64 Å². The number of para-hydroxylation sites is 1. The van der Waals surface area contributed by atoms with E-state index in [1.165, 1.54) is 0 Å². The van der Waals surface area contributed by atoms with Gasteiger partial charge in [0.05, 0.1) is 22.6 Å². The van der Waals surface area contributed by atoms with Crippen LogP contribution in [-0.2, 0) is 13.2 Å². The average Bonchev–Trinajstić information content (AvgIpc) is 3.41. The van der Waals surface area contributed by atoms with Crippen molar-refractivity contribution >= 4 is 17.2 Å². The van der Waals surface area contributed by atoms with Crippen molar-refractivity contribution in [3.05, 3.63) is 94.2 Å². The van der Waals surface area contributed by atoms with Crippen LogP contribution in [0.2, 0.25) is 0 Å². The van der Waals surface area contributed by atoms with E-state index in [1.807, 2.05) is 65.6 Å². The Morgan fingerprint density at radius 3 is 2.60 bits per heavy atom. The van der Waals surface area contributed by atoms with Crippen molar-refractivity contribution in [2.75, 3.05) is 7.05 Å². The van der Waals surface area contributed by atoms with E-state index in [9.17, 15) is 4.79 Å². The first kappa shape index (κ1) is 19.8. The Kier molecular flexibility index (Phi) is 5.90. The Hall–Kier alpha value is -3.45. The molecule has 0 saturated heterocycles. The van der Waals surface area contributed by atoms with Crippen molar-refractivity contribution in [1.29, 1.82) is 0 Å². The van der Waals surface area contributed by atoms with Crippen LogP contribution in [-0.4, -0.2) is 32.6 Å². The molecule has 0 radical (unpaired) electrons. The highest BCUT2D eigenvalue weighted by molar-refractivity contribution is 7.09. The van der Waals surface area contributed by atoms with Gasteiger partial charge in [0.15, 0.2) is 0 Å². The molecule has 0 aliphatic rings. The number of rotatable bonds is 7. The van der Waals surface area contributed by atoms with Crippen molar-refractivity contribution in [1.82, 2.24) is 19.7 Å². The summed E-state index contributed by atoms with van der Waals surface area (Å²) in [5.74, 6) is 0.660. The van der Waals surface area contributed by atoms with E-state index < -0.39 is 0 Å². The summed E-state index contributed by atoms with van der Waals surface area (Å²) < 4.78 is 7.56. The van der Waals surface area contributed by atoms with Crippen molar-refractivity contribution in [3.8, 4) is 11.4 Å². The second kappa shape index (κ2) is 8.92. The van der Waals surface area contributed by atoms with Crippen LogP contribution in [0.1, 0.15) is 26.6 Å². The first-order valence-electron chi connectivity index (χ1n) is 9.57. The van der Waals surface area contributed by atoms with Crippen molar-refractivity contribution in [2.45, 2.75) is 20.1 Å². The van der Waals surface area contributed by atoms with Gasteiger partial charge in [-0.15, -0.1) is 11.3 Å². The fourth-order valence-corrected chi connectivity index (χ4v) is 3.65. The summed E-state index contributed by atoms with van der Waals surface area (Å²) in [5, 5.41) is 7.40. The average molecular weight is 419 g/mol. The molecule has 4 aromatic rings. The van der Waals surface area contributed by atoms with E-state index >= 15 is 0 Å². The van der Waals surface area contributed by atoms with Gasteiger partial charge >= 0.3 is 0 Å². The maximum atomic E-state index is 12.8. The van der Waals surface area contributed by atoms with E-state index in [2.05, 4.69) is 10.1 Å². The molecule has 0 aliphatic heterocycles. The monoisotopic (exact) mass is 418 g/mol. The molecule has 7 heteroatoms. The van der Waals surface area contributed by atoms with Crippen LogP contribution < -0.4 is 4.74 Å². The highest BCUT2D eigenvalue weighted by atomic mass is 32.1. The number of hydrogen-bond acceptors (Lipinski definition) is 5. The fourth-order valence-electron chi connectivity index (χ4n) is 3.06. The van der Waals surface area contributed by atoms with Gasteiger partial charge in [0.25, 0.3) is 5.91 Å². The number of aryl methyl sites for hydroxylation is 1. The van der Waals surface area contributed by atoms with E-state index in [4.69, 9.17) is 4.74 Å². The SMILES string of the molecule is Cc1nc(COc2ccc(C(=O)N(C)Cc3cnn(-c4ccccc4)c3)cc2)cs1. The predicted molar refractivity (Wildman–Crippen MR) is 117 cm³/mol. The molecule has 0 atom stereocenters. The summed E-state index contributed by atoms with van der Waals surface area (Å²) in [6.07, 6.45) is 3.73. The van der Waals surface area contributed by atoms with Crippen molar-refractivity contribution in [3.63, 3.8) is 0 Å². The quantitative estimate of drug-likeness (QED) is 0.444. The number of amides is 1. The lowest BCUT2D eigenvalue weighted by Gasteiger charge is -2.16. The Bertz CT molecular complexity index is 1120. The molecule has 1 amide bonds. The van der Waals surface area contributed by atoms with E-state index in [-0.39, 0.29) is 5.91 Å². The van der Waals surface area contributed by atoms with Crippen LogP contribution in [0.4, 0.5) is 0 Å². The highest BCUT2D eigenvalue weighted by Crippen LogP contribution is 2.17. The summed E-state index contributed by atoms with van der Waals surface area (Å²) in [4.78, 5) is 18.8.